The zero-order chi connectivity index (χ0) is 25.3. The van der Waals surface area contributed by atoms with E-state index in [9.17, 15) is 22.4 Å². The zero-order valence-corrected chi connectivity index (χ0v) is 20.8. The fourth-order valence-electron chi connectivity index (χ4n) is 3.32. The quantitative estimate of drug-likeness (QED) is 0.491. The summed E-state index contributed by atoms with van der Waals surface area (Å²) in [6.45, 7) is 5.13. The van der Waals surface area contributed by atoms with Crippen LogP contribution in [-0.4, -0.2) is 57.1 Å². The van der Waals surface area contributed by atoms with E-state index in [0.717, 1.165) is 10.6 Å². The normalized spacial score (nSPS) is 12.0. The van der Waals surface area contributed by atoms with E-state index in [1.807, 2.05) is 6.92 Å². The molecular weight excluding hydrogens is 461 g/mol. The van der Waals surface area contributed by atoms with Crippen LogP contribution < -0.4 is 14.4 Å². The molecule has 0 aliphatic rings. The molecule has 0 aromatic heterocycles. The fraction of sp³-hybridized carbons (Fsp3) is 0.417. The molecule has 0 saturated heterocycles. The Hall–Kier alpha value is -3.14. The average molecular weight is 494 g/mol. The summed E-state index contributed by atoms with van der Waals surface area (Å²) in [5.74, 6) is -1.29. The molecule has 0 fully saturated rings. The summed E-state index contributed by atoms with van der Waals surface area (Å²) in [7, 11) is -3.90. The van der Waals surface area contributed by atoms with Crippen LogP contribution in [0.4, 0.5) is 10.1 Å². The summed E-state index contributed by atoms with van der Waals surface area (Å²) < 4.78 is 46.2. The van der Waals surface area contributed by atoms with Crippen LogP contribution in [0.1, 0.15) is 32.8 Å². The minimum Gasteiger partial charge on any atom is -0.492 e. The Morgan fingerprint density at radius 1 is 1.09 bits per heavy atom. The average Bonchev–Trinajstić information content (AvgIpc) is 2.80. The summed E-state index contributed by atoms with van der Waals surface area (Å²) in [6, 6.07) is 11.5. The van der Waals surface area contributed by atoms with E-state index in [0.29, 0.717) is 25.3 Å². The monoisotopic (exact) mass is 493 g/mol. The van der Waals surface area contributed by atoms with E-state index >= 15 is 0 Å². The summed E-state index contributed by atoms with van der Waals surface area (Å²) in [4.78, 5) is 27.3. The second kappa shape index (κ2) is 12.4. The van der Waals surface area contributed by atoms with Gasteiger partial charge < -0.3 is 15.0 Å². The van der Waals surface area contributed by atoms with Gasteiger partial charge in [-0.2, -0.15) is 0 Å². The fourth-order valence-corrected chi connectivity index (χ4v) is 4.18. The molecule has 0 aliphatic carbocycles. The maximum Gasteiger partial charge on any atom is 0.244 e. The molecule has 0 aliphatic heterocycles. The highest BCUT2D eigenvalue weighted by molar-refractivity contribution is 7.92. The van der Waals surface area contributed by atoms with Gasteiger partial charge in [-0.05, 0) is 38.5 Å². The molecule has 2 amide bonds. The zero-order valence-electron chi connectivity index (χ0n) is 20.0. The van der Waals surface area contributed by atoms with Gasteiger partial charge in [-0.15, -0.1) is 0 Å². The number of hydrogen-bond acceptors (Lipinski definition) is 5. The van der Waals surface area contributed by atoms with Crippen LogP contribution in [0.3, 0.4) is 0 Å². The van der Waals surface area contributed by atoms with Gasteiger partial charge >= 0.3 is 0 Å². The van der Waals surface area contributed by atoms with Crippen LogP contribution in [0.25, 0.3) is 0 Å². The van der Waals surface area contributed by atoms with Crippen LogP contribution in [0.2, 0.25) is 0 Å². The molecular formula is C24H32FN3O5S. The molecule has 186 valence electrons. The van der Waals surface area contributed by atoms with Crippen molar-refractivity contribution in [1.29, 1.82) is 0 Å². The van der Waals surface area contributed by atoms with Gasteiger partial charge in [-0.1, -0.05) is 37.3 Å². The molecule has 0 spiro atoms. The first-order chi connectivity index (χ1) is 16.1. The SMILES string of the molecule is CCCNC(=O)C(C)N(Cc1ccccc1F)C(=O)CN(c1ccccc1OCC)S(C)(=O)=O. The van der Waals surface area contributed by atoms with Gasteiger partial charge in [0.1, 0.15) is 24.2 Å². The van der Waals surface area contributed by atoms with E-state index in [1.54, 1.807) is 31.2 Å². The molecule has 8 nitrogen and oxygen atoms in total. The number of para-hydroxylation sites is 2. The molecule has 34 heavy (non-hydrogen) atoms. The van der Waals surface area contributed by atoms with Crippen LogP contribution in [0.15, 0.2) is 48.5 Å². The van der Waals surface area contributed by atoms with Gasteiger partial charge in [0.25, 0.3) is 0 Å². The van der Waals surface area contributed by atoms with E-state index in [2.05, 4.69) is 5.32 Å². The molecule has 0 bridgehead atoms. The molecule has 2 rings (SSSR count). The van der Waals surface area contributed by atoms with Gasteiger partial charge in [-0.25, -0.2) is 12.8 Å². The molecule has 1 N–H and O–H groups in total. The smallest absolute Gasteiger partial charge is 0.244 e. The van der Waals surface area contributed by atoms with E-state index < -0.39 is 40.2 Å². The molecule has 0 radical (unpaired) electrons. The second-order valence-corrected chi connectivity index (χ2v) is 9.66. The number of sulfonamides is 1. The maximum absolute atomic E-state index is 14.4. The Balaban J connectivity index is 2.43. The summed E-state index contributed by atoms with van der Waals surface area (Å²) >= 11 is 0. The van der Waals surface area contributed by atoms with Crippen molar-refractivity contribution in [3.05, 3.63) is 59.9 Å². The topological polar surface area (TPSA) is 96.0 Å². The van der Waals surface area contributed by atoms with Crippen molar-refractivity contribution in [2.24, 2.45) is 0 Å². The Morgan fingerprint density at radius 3 is 2.35 bits per heavy atom. The number of nitrogens with zero attached hydrogens (tertiary/aromatic N) is 2. The number of rotatable bonds is 12. The van der Waals surface area contributed by atoms with Crippen molar-refractivity contribution in [3.63, 3.8) is 0 Å². The molecule has 1 atom stereocenters. The highest BCUT2D eigenvalue weighted by Gasteiger charge is 2.31. The van der Waals surface area contributed by atoms with Gasteiger partial charge in [0.15, 0.2) is 0 Å². The summed E-state index contributed by atoms with van der Waals surface area (Å²) in [5.41, 5.74) is 0.417. The van der Waals surface area contributed by atoms with E-state index in [1.165, 1.54) is 36.1 Å². The first kappa shape index (κ1) is 27.1. The van der Waals surface area contributed by atoms with Crippen molar-refractivity contribution >= 4 is 27.5 Å². The molecule has 2 aromatic rings. The van der Waals surface area contributed by atoms with Crippen molar-refractivity contribution in [1.82, 2.24) is 10.2 Å². The van der Waals surface area contributed by atoms with Gasteiger partial charge in [-0.3, -0.25) is 13.9 Å². The van der Waals surface area contributed by atoms with Crippen LogP contribution in [0.5, 0.6) is 5.75 Å². The van der Waals surface area contributed by atoms with Crippen LogP contribution >= 0.6 is 0 Å². The number of hydrogen-bond donors (Lipinski definition) is 1. The highest BCUT2D eigenvalue weighted by Crippen LogP contribution is 2.30. The predicted molar refractivity (Wildman–Crippen MR) is 130 cm³/mol. The first-order valence-electron chi connectivity index (χ1n) is 11.1. The van der Waals surface area contributed by atoms with Crippen molar-refractivity contribution in [2.75, 3.05) is 30.3 Å². The molecule has 2 aromatic carbocycles. The number of halogens is 1. The van der Waals surface area contributed by atoms with E-state index in [4.69, 9.17) is 4.74 Å². The lowest BCUT2D eigenvalue weighted by molar-refractivity contribution is -0.139. The Kier molecular flexibility index (Phi) is 9.85. The van der Waals surface area contributed by atoms with Gasteiger partial charge in [0.05, 0.1) is 18.6 Å². The summed E-state index contributed by atoms with van der Waals surface area (Å²) in [6.07, 6.45) is 1.69. The number of anilines is 1. The van der Waals surface area contributed by atoms with Crippen LogP contribution in [0, 0.1) is 5.82 Å². The number of carbonyl (C=O) groups is 2. The van der Waals surface area contributed by atoms with E-state index in [-0.39, 0.29) is 17.8 Å². The van der Waals surface area contributed by atoms with Crippen molar-refractivity contribution in [2.45, 2.75) is 39.8 Å². The maximum atomic E-state index is 14.4. The minimum atomic E-state index is -3.90. The largest absolute Gasteiger partial charge is 0.492 e. The third-order valence-corrected chi connectivity index (χ3v) is 6.25. The standard InChI is InChI=1S/C24H32FN3O5S/c1-5-15-26-24(30)18(3)27(16-19-11-7-8-12-20(19)25)23(29)17-28(34(4,31)32)21-13-9-10-14-22(21)33-6-2/h7-14,18H,5-6,15-17H2,1-4H3,(H,26,30). The Bertz CT molecular complexity index is 1090. The molecule has 0 saturated carbocycles. The second-order valence-electron chi connectivity index (χ2n) is 7.75. The predicted octanol–water partition coefficient (Wildman–Crippen LogP) is 2.93. The third kappa shape index (κ3) is 7.18. The Labute approximate surface area is 200 Å². The number of carbonyl (C=O) groups excluding carboxylic acids is 2. The third-order valence-electron chi connectivity index (χ3n) is 5.13. The van der Waals surface area contributed by atoms with Gasteiger partial charge in [0.2, 0.25) is 21.8 Å². The lowest BCUT2D eigenvalue weighted by Crippen LogP contribution is -2.51. The lowest BCUT2D eigenvalue weighted by Gasteiger charge is -2.32. The minimum absolute atomic E-state index is 0.197. The number of benzene rings is 2. The lowest BCUT2D eigenvalue weighted by atomic mass is 10.1. The van der Waals surface area contributed by atoms with Crippen molar-refractivity contribution < 1.29 is 27.1 Å². The molecule has 0 heterocycles. The first-order valence-corrected chi connectivity index (χ1v) is 12.9. The van der Waals surface area contributed by atoms with Gasteiger partial charge in [0, 0.05) is 18.7 Å². The Morgan fingerprint density at radius 2 is 1.74 bits per heavy atom. The van der Waals surface area contributed by atoms with Crippen LogP contribution in [-0.2, 0) is 26.2 Å². The summed E-state index contributed by atoms with van der Waals surface area (Å²) in [5, 5.41) is 2.73. The van der Waals surface area contributed by atoms with Crippen molar-refractivity contribution in [3.8, 4) is 5.75 Å². The molecule has 1 unspecified atom stereocenters. The number of nitrogens with one attached hydrogen (secondary N) is 1. The number of ether oxygens (including phenoxy) is 1. The highest BCUT2D eigenvalue weighted by atomic mass is 32.2. The molecule has 10 heteroatoms. The number of amides is 2.